The number of thiocarbonyl (C=S) groups is 1. The average molecular weight is 378 g/mol. The number of carbonyl (C=O) groups is 1. The van der Waals surface area contributed by atoms with Crippen LogP contribution in [0.3, 0.4) is 0 Å². The standard InChI is InChI=1S/C19H26N2O4S/c1-10(2)24-14-8-7-13(9-15(14)23-6)17-16(18(22)25-11(3)4)12(5)20-19(26)21-17/h7-11,17H,1-6H3,(H2,20,21,26)/t17-/m0/s1. The Kier molecular flexibility index (Phi) is 6.47. The van der Waals surface area contributed by atoms with Crippen molar-refractivity contribution in [2.45, 2.75) is 52.9 Å². The maximum absolute atomic E-state index is 12.6. The van der Waals surface area contributed by atoms with Gasteiger partial charge in [-0.1, -0.05) is 6.07 Å². The van der Waals surface area contributed by atoms with Gasteiger partial charge in [0, 0.05) is 5.70 Å². The van der Waals surface area contributed by atoms with Crippen molar-refractivity contribution in [3.8, 4) is 11.5 Å². The Hall–Kier alpha value is -2.28. The van der Waals surface area contributed by atoms with Crippen LogP contribution in [0.5, 0.6) is 11.5 Å². The van der Waals surface area contributed by atoms with E-state index in [0.717, 1.165) is 5.56 Å². The number of nitrogens with one attached hydrogen (secondary N) is 2. The molecule has 0 spiro atoms. The molecule has 1 heterocycles. The van der Waals surface area contributed by atoms with Gasteiger partial charge in [0.05, 0.1) is 30.9 Å². The van der Waals surface area contributed by atoms with E-state index in [-0.39, 0.29) is 18.2 Å². The van der Waals surface area contributed by atoms with Crippen molar-refractivity contribution >= 4 is 23.3 Å². The van der Waals surface area contributed by atoms with Crippen LogP contribution < -0.4 is 20.1 Å². The van der Waals surface area contributed by atoms with Gasteiger partial charge in [-0.15, -0.1) is 0 Å². The molecule has 26 heavy (non-hydrogen) atoms. The van der Waals surface area contributed by atoms with Gasteiger partial charge in [-0.2, -0.15) is 0 Å². The second-order valence-corrected chi connectivity index (χ2v) is 7.01. The first kappa shape index (κ1) is 20.0. The van der Waals surface area contributed by atoms with E-state index in [2.05, 4.69) is 10.6 Å². The van der Waals surface area contributed by atoms with E-state index >= 15 is 0 Å². The molecule has 0 saturated heterocycles. The van der Waals surface area contributed by atoms with Crippen LogP contribution in [0.25, 0.3) is 0 Å². The number of rotatable bonds is 6. The third kappa shape index (κ3) is 4.66. The molecule has 2 rings (SSSR count). The van der Waals surface area contributed by atoms with E-state index in [1.54, 1.807) is 7.11 Å². The van der Waals surface area contributed by atoms with Crippen LogP contribution in [0.1, 0.15) is 46.2 Å². The highest BCUT2D eigenvalue weighted by atomic mass is 32.1. The second kappa shape index (κ2) is 8.40. The summed E-state index contributed by atoms with van der Waals surface area (Å²) in [5.41, 5.74) is 2.00. The Morgan fingerprint density at radius 2 is 1.85 bits per heavy atom. The summed E-state index contributed by atoms with van der Waals surface area (Å²) in [5.74, 6) is 0.859. The van der Waals surface area contributed by atoms with Crippen molar-refractivity contribution < 1.29 is 19.0 Å². The summed E-state index contributed by atoms with van der Waals surface area (Å²) >= 11 is 5.27. The molecule has 0 aromatic heterocycles. The van der Waals surface area contributed by atoms with Crippen LogP contribution >= 0.6 is 12.2 Å². The smallest absolute Gasteiger partial charge is 0.338 e. The van der Waals surface area contributed by atoms with E-state index in [0.29, 0.717) is 27.9 Å². The summed E-state index contributed by atoms with van der Waals surface area (Å²) in [6, 6.07) is 5.14. The number of esters is 1. The Labute approximate surface area is 159 Å². The maximum atomic E-state index is 12.6. The summed E-state index contributed by atoms with van der Waals surface area (Å²) in [6.07, 6.45) is -0.188. The minimum Gasteiger partial charge on any atom is -0.493 e. The zero-order valence-corrected chi connectivity index (χ0v) is 16.8. The van der Waals surface area contributed by atoms with Crippen LogP contribution in [-0.4, -0.2) is 30.4 Å². The van der Waals surface area contributed by atoms with Gasteiger partial charge < -0.3 is 24.8 Å². The van der Waals surface area contributed by atoms with Crippen molar-refractivity contribution in [1.82, 2.24) is 10.6 Å². The Morgan fingerprint density at radius 1 is 1.15 bits per heavy atom. The first-order valence-electron chi connectivity index (χ1n) is 8.56. The fourth-order valence-electron chi connectivity index (χ4n) is 2.71. The monoisotopic (exact) mass is 378 g/mol. The minimum absolute atomic E-state index is 0.0260. The predicted octanol–water partition coefficient (Wildman–Crippen LogP) is 3.23. The molecule has 0 fully saturated rings. The summed E-state index contributed by atoms with van der Waals surface area (Å²) in [7, 11) is 1.59. The molecule has 1 aromatic carbocycles. The zero-order chi connectivity index (χ0) is 19.4. The normalized spacial score (nSPS) is 17.1. The van der Waals surface area contributed by atoms with E-state index in [1.807, 2.05) is 52.8 Å². The lowest BCUT2D eigenvalue weighted by molar-refractivity contribution is -0.143. The molecular formula is C19H26N2O4S. The molecule has 0 radical (unpaired) electrons. The fourth-order valence-corrected chi connectivity index (χ4v) is 2.98. The van der Waals surface area contributed by atoms with Gasteiger partial charge >= 0.3 is 5.97 Å². The molecule has 2 N–H and O–H groups in total. The lowest BCUT2D eigenvalue weighted by Crippen LogP contribution is -2.45. The molecule has 7 heteroatoms. The van der Waals surface area contributed by atoms with Crippen molar-refractivity contribution in [3.63, 3.8) is 0 Å². The largest absolute Gasteiger partial charge is 0.493 e. The highest BCUT2D eigenvalue weighted by Crippen LogP contribution is 2.35. The van der Waals surface area contributed by atoms with Gasteiger partial charge in [0.2, 0.25) is 0 Å². The lowest BCUT2D eigenvalue weighted by atomic mass is 9.95. The summed E-state index contributed by atoms with van der Waals surface area (Å²) in [5, 5.41) is 6.59. The molecule has 0 amide bonds. The maximum Gasteiger partial charge on any atom is 0.338 e. The third-order valence-corrected chi connectivity index (χ3v) is 3.94. The van der Waals surface area contributed by atoms with Gasteiger partial charge in [-0.25, -0.2) is 4.79 Å². The summed E-state index contributed by atoms with van der Waals surface area (Å²) in [6.45, 7) is 9.35. The Morgan fingerprint density at radius 3 is 2.42 bits per heavy atom. The molecule has 0 bridgehead atoms. The molecule has 1 atom stereocenters. The number of allylic oxidation sites excluding steroid dienone is 1. The number of benzene rings is 1. The summed E-state index contributed by atoms with van der Waals surface area (Å²) < 4.78 is 16.6. The number of hydrogen-bond acceptors (Lipinski definition) is 5. The number of methoxy groups -OCH3 is 1. The minimum atomic E-state index is -0.433. The van der Waals surface area contributed by atoms with E-state index < -0.39 is 6.04 Å². The topological polar surface area (TPSA) is 68.8 Å². The van der Waals surface area contributed by atoms with Gasteiger partial charge in [-0.3, -0.25) is 0 Å². The van der Waals surface area contributed by atoms with E-state index in [1.165, 1.54) is 0 Å². The number of hydrogen-bond donors (Lipinski definition) is 2. The van der Waals surface area contributed by atoms with Gasteiger partial charge in [0.25, 0.3) is 0 Å². The average Bonchev–Trinajstić information content (AvgIpc) is 2.53. The molecular weight excluding hydrogens is 352 g/mol. The first-order valence-corrected chi connectivity index (χ1v) is 8.97. The van der Waals surface area contributed by atoms with Crippen LogP contribution in [0.4, 0.5) is 0 Å². The molecule has 1 aliphatic heterocycles. The molecule has 0 aliphatic carbocycles. The van der Waals surface area contributed by atoms with E-state index in [4.69, 9.17) is 26.4 Å². The molecule has 1 aliphatic rings. The molecule has 142 valence electrons. The number of ether oxygens (including phenoxy) is 3. The van der Waals surface area contributed by atoms with Crippen LogP contribution in [0.15, 0.2) is 29.5 Å². The summed E-state index contributed by atoms with van der Waals surface area (Å²) in [4.78, 5) is 12.6. The fraction of sp³-hybridized carbons (Fsp3) is 0.474. The Balaban J connectivity index is 2.44. The number of carbonyl (C=O) groups excluding carboxylic acids is 1. The zero-order valence-electron chi connectivity index (χ0n) is 16.0. The third-order valence-electron chi connectivity index (χ3n) is 3.72. The van der Waals surface area contributed by atoms with Gasteiger partial charge in [-0.05, 0) is 64.5 Å². The van der Waals surface area contributed by atoms with Gasteiger partial charge in [0.1, 0.15) is 0 Å². The van der Waals surface area contributed by atoms with Crippen molar-refractivity contribution in [2.75, 3.05) is 7.11 Å². The molecule has 0 unspecified atom stereocenters. The molecule has 1 aromatic rings. The van der Waals surface area contributed by atoms with Crippen LogP contribution in [0, 0.1) is 0 Å². The van der Waals surface area contributed by atoms with Crippen molar-refractivity contribution in [1.29, 1.82) is 0 Å². The molecule has 6 nitrogen and oxygen atoms in total. The van der Waals surface area contributed by atoms with Crippen molar-refractivity contribution in [3.05, 3.63) is 35.0 Å². The highest BCUT2D eigenvalue weighted by molar-refractivity contribution is 7.80. The lowest BCUT2D eigenvalue weighted by Gasteiger charge is -2.30. The Bertz CT molecular complexity index is 728. The quantitative estimate of drug-likeness (QED) is 0.582. The predicted molar refractivity (Wildman–Crippen MR) is 104 cm³/mol. The van der Waals surface area contributed by atoms with Crippen LogP contribution in [-0.2, 0) is 9.53 Å². The highest BCUT2D eigenvalue weighted by Gasteiger charge is 2.32. The van der Waals surface area contributed by atoms with Crippen molar-refractivity contribution in [2.24, 2.45) is 0 Å². The van der Waals surface area contributed by atoms with Gasteiger partial charge in [0.15, 0.2) is 16.6 Å². The first-order chi connectivity index (χ1) is 12.2. The SMILES string of the molecule is COc1cc([C@@H]2NC(=S)NC(C)=C2C(=O)OC(C)C)ccc1OC(C)C. The molecule has 0 saturated carbocycles. The second-order valence-electron chi connectivity index (χ2n) is 6.60. The van der Waals surface area contributed by atoms with E-state index in [9.17, 15) is 4.79 Å². The van der Waals surface area contributed by atoms with Crippen LogP contribution in [0.2, 0.25) is 0 Å².